The predicted molar refractivity (Wildman–Crippen MR) is 68.4 cm³/mol. The maximum atomic E-state index is 11.7. The first-order chi connectivity index (χ1) is 8.52. The number of nitrogens with one attached hydrogen (secondary N) is 1. The maximum absolute atomic E-state index is 11.7. The van der Waals surface area contributed by atoms with Crippen LogP contribution < -0.4 is 11.2 Å². The van der Waals surface area contributed by atoms with Crippen LogP contribution in [0.3, 0.4) is 0 Å². The number of halogens is 1. The van der Waals surface area contributed by atoms with Gasteiger partial charge in [-0.1, -0.05) is 6.08 Å². The van der Waals surface area contributed by atoms with Crippen molar-refractivity contribution in [3.63, 3.8) is 0 Å². The van der Waals surface area contributed by atoms with Gasteiger partial charge in [0.25, 0.3) is 5.56 Å². The zero-order chi connectivity index (χ0) is 13.3. The van der Waals surface area contributed by atoms with E-state index in [-0.39, 0.29) is 10.6 Å². The van der Waals surface area contributed by atoms with E-state index in [1.165, 1.54) is 10.8 Å². The van der Waals surface area contributed by atoms with E-state index in [0.29, 0.717) is 12.8 Å². The molecule has 1 aromatic rings. The van der Waals surface area contributed by atoms with E-state index in [4.69, 9.17) is 4.74 Å². The minimum atomic E-state index is -0.648. The molecule has 0 saturated carbocycles. The van der Waals surface area contributed by atoms with E-state index in [1.807, 2.05) is 0 Å². The third-order valence-electron chi connectivity index (χ3n) is 2.84. The van der Waals surface area contributed by atoms with Gasteiger partial charge in [-0.2, -0.15) is 0 Å². The molecule has 0 unspecified atom stereocenters. The number of H-pyrrole nitrogens is 1. The maximum Gasteiger partial charge on any atom is 0.330 e. The molecule has 18 heavy (non-hydrogen) atoms. The summed E-state index contributed by atoms with van der Waals surface area (Å²) in [5, 5.41) is 9.79. The van der Waals surface area contributed by atoms with Gasteiger partial charge in [0, 0.05) is 12.6 Å². The summed E-state index contributed by atoms with van der Waals surface area (Å²) in [6, 6.07) is 0. The Labute approximate surface area is 111 Å². The Morgan fingerprint density at radius 2 is 2.39 bits per heavy atom. The topological polar surface area (TPSA) is 84.3 Å². The summed E-state index contributed by atoms with van der Waals surface area (Å²) in [5.41, 5.74) is -1.04. The Morgan fingerprint density at radius 1 is 1.67 bits per heavy atom. The van der Waals surface area contributed by atoms with E-state index in [2.05, 4.69) is 27.5 Å². The lowest BCUT2D eigenvalue weighted by Crippen LogP contribution is -2.32. The van der Waals surface area contributed by atoms with E-state index in [0.717, 1.165) is 0 Å². The van der Waals surface area contributed by atoms with Crippen molar-refractivity contribution in [1.29, 1.82) is 0 Å². The van der Waals surface area contributed by atoms with Crippen molar-refractivity contribution in [3.8, 4) is 0 Å². The average Bonchev–Trinajstić information content (AvgIpc) is 2.66. The van der Waals surface area contributed by atoms with Gasteiger partial charge in [0.05, 0.1) is 16.7 Å². The number of hydrogen-bond acceptors (Lipinski definition) is 4. The highest BCUT2D eigenvalue weighted by molar-refractivity contribution is 9.10. The van der Waals surface area contributed by atoms with Gasteiger partial charge in [-0.3, -0.25) is 14.3 Å². The smallest absolute Gasteiger partial charge is 0.330 e. The summed E-state index contributed by atoms with van der Waals surface area (Å²) in [4.78, 5) is 25.0. The highest BCUT2D eigenvalue weighted by Gasteiger charge is 2.34. The van der Waals surface area contributed by atoms with Crippen LogP contribution in [0.15, 0.2) is 32.9 Å². The van der Waals surface area contributed by atoms with Gasteiger partial charge in [0.15, 0.2) is 0 Å². The minimum Gasteiger partial charge on any atom is -0.390 e. The third-order valence-corrected chi connectivity index (χ3v) is 3.40. The van der Waals surface area contributed by atoms with Crippen LogP contribution in [-0.2, 0) is 4.74 Å². The molecule has 1 saturated heterocycles. The van der Waals surface area contributed by atoms with Crippen molar-refractivity contribution < 1.29 is 9.84 Å². The van der Waals surface area contributed by atoms with Gasteiger partial charge in [-0.05, 0) is 22.4 Å². The largest absolute Gasteiger partial charge is 0.390 e. The van der Waals surface area contributed by atoms with Gasteiger partial charge < -0.3 is 9.84 Å². The molecule has 0 aliphatic carbocycles. The second-order valence-corrected chi connectivity index (χ2v) is 4.95. The number of aromatic nitrogens is 2. The highest BCUT2D eigenvalue weighted by Crippen LogP contribution is 2.29. The van der Waals surface area contributed by atoms with Crippen molar-refractivity contribution in [2.75, 3.05) is 0 Å². The average molecular weight is 317 g/mol. The summed E-state index contributed by atoms with van der Waals surface area (Å²) < 4.78 is 7.08. The minimum absolute atomic E-state index is 0.243. The third kappa shape index (κ3) is 2.47. The molecule has 3 atom stereocenters. The lowest BCUT2D eigenvalue weighted by atomic mass is 10.1. The molecule has 98 valence electrons. The van der Waals surface area contributed by atoms with Gasteiger partial charge >= 0.3 is 5.69 Å². The van der Waals surface area contributed by atoms with Crippen LogP contribution in [-0.4, -0.2) is 26.9 Å². The molecule has 0 spiro atoms. The second kappa shape index (κ2) is 5.21. The molecule has 2 heterocycles. The molecule has 1 fully saturated rings. The molecule has 1 aliphatic heterocycles. The Morgan fingerprint density at radius 3 is 3.06 bits per heavy atom. The van der Waals surface area contributed by atoms with Crippen molar-refractivity contribution in [3.05, 3.63) is 44.2 Å². The van der Waals surface area contributed by atoms with Crippen LogP contribution in [0.25, 0.3) is 0 Å². The van der Waals surface area contributed by atoms with Crippen LogP contribution in [0.5, 0.6) is 0 Å². The molecule has 0 amide bonds. The Bertz CT molecular complexity index is 565. The van der Waals surface area contributed by atoms with Crippen LogP contribution in [0.1, 0.15) is 19.1 Å². The highest BCUT2D eigenvalue weighted by atomic mass is 79.9. The molecule has 0 aromatic carbocycles. The Hall–Kier alpha value is -1.18. The molecule has 1 aliphatic rings. The summed E-state index contributed by atoms with van der Waals surface area (Å²) in [6.07, 6.45) is 2.24. The van der Waals surface area contributed by atoms with Crippen LogP contribution in [0.4, 0.5) is 0 Å². The quantitative estimate of drug-likeness (QED) is 0.796. The van der Waals surface area contributed by atoms with Gasteiger partial charge in [-0.15, -0.1) is 6.58 Å². The van der Waals surface area contributed by atoms with Gasteiger partial charge in [-0.25, -0.2) is 4.79 Å². The number of aliphatic hydroxyl groups excluding tert-OH is 1. The van der Waals surface area contributed by atoms with Crippen LogP contribution in [0.2, 0.25) is 0 Å². The first-order valence-electron chi connectivity index (χ1n) is 5.48. The normalized spacial score (nSPS) is 27.3. The SMILES string of the molecule is C=CC[C@H]1O[C@@H](n2cc(Br)c(=O)[nH]c2=O)C[C@@H]1O. The summed E-state index contributed by atoms with van der Waals surface area (Å²) in [5.74, 6) is 0. The van der Waals surface area contributed by atoms with Crippen molar-refractivity contribution >= 4 is 15.9 Å². The fourth-order valence-electron chi connectivity index (χ4n) is 1.94. The molecule has 7 heteroatoms. The number of nitrogens with zero attached hydrogens (tertiary/aromatic N) is 1. The first kappa shape index (κ1) is 13.3. The standard InChI is InChI=1S/C11H13BrN2O4/c1-2-3-8-7(15)4-9(18-8)14-5-6(12)10(16)13-11(14)17/h2,5,7-9,15H,1,3-4H2,(H,13,16,17)/t7-,8+,9+/m0/s1. The van der Waals surface area contributed by atoms with Gasteiger partial charge in [0.2, 0.25) is 0 Å². The number of ether oxygens (including phenoxy) is 1. The van der Waals surface area contributed by atoms with Crippen molar-refractivity contribution in [1.82, 2.24) is 9.55 Å². The molecule has 1 aromatic heterocycles. The molecular formula is C11H13BrN2O4. The molecule has 0 bridgehead atoms. The molecule has 2 N–H and O–H groups in total. The van der Waals surface area contributed by atoms with Gasteiger partial charge in [0.1, 0.15) is 6.23 Å². The van der Waals surface area contributed by atoms with E-state index >= 15 is 0 Å². The zero-order valence-electron chi connectivity index (χ0n) is 9.51. The van der Waals surface area contributed by atoms with Crippen molar-refractivity contribution in [2.45, 2.75) is 31.3 Å². The van der Waals surface area contributed by atoms with Crippen LogP contribution >= 0.6 is 15.9 Å². The monoisotopic (exact) mass is 316 g/mol. The summed E-state index contributed by atoms with van der Waals surface area (Å²) in [6.45, 7) is 3.59. The molecular weight excluding hydrogens is 304 g/mol. The number of aromatic amines is 1. The van der Waals surface area contributed by atoms with Crippen LogP contribution in [0, 0.1) is 0 Å². The second-order valence-electron chi connectivity index (χ2n) is 4.10. The Balaban J connectivity index is 2.29. The predicted octanol–water partition coefficient (Wildman–Crippen LogP) is 0.524. The lowest BCUT2D eigenvalue weighted by molar-refractivity contribution is -0.0184. The van der Waals surface area contributed by atoms with E-state index < -0.39 is 23.6 Å². The summed E-state index contributed by atoms with van der Waals surface area (Å²) >= 11 is 3.05. The Kier molecular flexibility index (Phi) is 3.84. The zero-order valence-corrected chi connectivity index (χ0v) is 11.1. The molecule has 2 rings (SSSR count). The van der Waals surface area contributed by atoms with E-state index in [9.17, 15) is 14.7 Å². The number of hydrogen-bond donors (Lipinski definition) is 2. The molecule has 0 radical (unpaired) electrons. The summed E-state index contributed by atoms with van der Waals surface area (Å²) in [7, 11) is 0. The van der Waals surface area contributed by atoms with E-state index in [1.54, 1.807) is 6.08 Å². The number of rotatable bonds is 3. The fraction of sp³-hybridized carbons (Fsp3) is 0.455. The molecule has 6 nitrogen and oxygen atoms in total. The lowest BCUT2D eigenvalue weighted by Gasteiger charge is -2.14. The number of aliphatic hydroxyl groups is 1. The first-order valence-corrected chi connectivity index (χ1v) is 6.27. The fourth-order valence-corrected chi connectivity index (χ4v) is 2.26. The van der Waals surface area contributed by atoms with Crippen molar-refractivity contribution in [2.24, 2.45) is 0 Å².